The van der Waals surface area contributed by atoms with Crippen molar-refractivity contribution in [1.29, 1.82) is 0 Å². The summed E-state index contributed by atoms with van der Waals surface area (Å²) in [5.74, 6) is 2.84. The van der Waals surface area contributed by atoms with Crippen molar-refractivity contribution in [2.75, 3.05) is 7.79 Å². The van der Waals surface area contributed by atoms with Gasteiger partial charge in [-0.25, -0.2) is 0 Å². The molecule has 0 saturated carbocycles. The van der Waals surface area contributed by atoms with E-state index in [1.165, 1.54) is 39.5 Å². The molecule has 0 fully saturated rings. The fourth-order valence-electron chi connectivity index (χ4n) is 10.1. The average molecular weight is 1500 g/mol. The van der Waals surface area contributed by atoms with Crippen LogP contribution in [0.2, 0.25) is 78.6 Å². The maximum absolute atomic E-state index is 3.05. The van der Waals surface area contributed by atoms with Gasteiger partial charge >= 0.3 is 47.8 Å². The zero-order chi connectivity index (χ0) is 57.3. The standard InChI is InChI=1S/2C21H41N3Si3.3C7H8.4ClH.2Sn/c2*1-20(2,3)22-19(18-16-14-13-15-17-18)23(21(4,5)6)25(22)24(26(7,8)9)27(10,11)12;3*1-7-5-3-2-4-6-7;;;;;;/h2*13-17H,1-12H3;3*2-6H,1H3;4*1H;;/q;;;;;;;;;2*+2/p-4. The molecule has 0 aliphatic heterocycles. The van der Waals surface area contributed by atoms with Crippen LogP contribution in [0.4, 0.5) is 0 Å². The van der Waals surface area contributed by atoms with E-state index in [1.807, 2.05) is 54.6 Å². The number of hydrogen-bond donors (Lipinski definition) is 0. The van der Waals surface area contributed by atoms with Crippen molar-refractivity contribution in [2.24, 2.45) is 0 Å². The van der Waals surface area contributed by atoms with Crippen molar-refractivity contribution in [3.05, 3.63) is 168 Å². The number of hydrogen-bond acceptors (Lipinski definition) is 2. The minimum absolute atomic E-state index is 0. The Morgan fingerprint density at radius 2 is 0.494 bits per heavy atom. The molecular formula is C63H106Cl4N6Si6Sn2. The van der Waals surface area contributed by atoms with Crippen molar-refractivity contribution in [2.45, 2.75) is 205 Å². The normalized spacial score (nSPS) is 11.5. The van der Waals surface area contributed by atoms with Crippen LogP contribution in [0.5, 0.6) is 0 Å². The fraction of sp³-hybridized carbons (Fsp3) is 0.492. The van der Waals surface area contributed by atoms with Crippen molar-refractivity contribution in [3.8, 4) is 22.8 Å². The van der Waals surface area contributed by atoms with Crippen molar-refractivity contribution >= 4 is 98.6 Å². The molecule has 0 N–H and O–H groups in total. The Morgan fingerprint density at radius 1 is 0.321 bits per heavy atom. The largest absolute Gasteiger partial charge is 2.00 e. The van der Waals surface area contributed by atoms with Gasteiger partial charge in [0.25, 0.3) is 0 Å². The number of aromatic nitrogens is 4. The van der Waals surface area contributed by atoms with Gasteiger partial charge in [-0.3, -0.25) is 0 Å². The fourth-order valence-corrected chi connectivity index (χ4v) is 43.2. The Hall–Kier alpha value is -1.30. The van der Waals surface area contributed by atoms with Gasteiger partial charge in [-0.2, -0.15) is 0 Å². The minimum Gasteiger partial charge on any atom is -1.00 e. The second-order valence-corrected chi connectivity index (χ2v) is 54.0. The zero-order valence-corrected chi connectivity index (χ0v) is 69.9. The Morgan fingerprint density at radius 3 is 0.617 bits per heavy atom. The summed E-state index contributed by atoms with van der Waals surface area (Å²) in [4.78, 5) is 0. The molecule has 2 heterocycles. The number of aryl methyl sites for hydroxylation is 3. The third kappa shape index (κ3) is 25.5. The van der Waals surface area contributed by atoms with Crippen molar-refractivity contribution < 1.29 is 58.1 Å². The predicted molar refractivity (Wildman–Crippen MR) is 358 cm³/mol. The predicted octanol–water partition coefficient (Wildman–Crippen LogP) is 3.85. The molecule has 5 aromatic carbocycles. The first-order valence-corrected chi connectivity index (χ1v) is 44.1. The second kappa shape index (κ2) is 34.9. The Labute approximate surface area is 562 Å². The van der Waals surface area contributed by atoms with Crippen LogP contribution in [0.3, 0.4) is 0 Å². The summed E-state index contributed by atoms with van der Waals surface area (Å²) >= 11 is 0. The number of benzene rings is 5. The van der Waals surface area contributed by atoms with Crippen molar-refractivity contribution in [1.82, 2.24) is 8.44 Å². The first-order valence-electron chi connectivity index (χ1n) is 27.6. The van der Waals surface area contributed by atoms with Gasteiger partial charge in [0.1, 0.15) is 44.6 Å². The van der Waals surface area contributed by atoms with E-state index in [2.05, 4.69) is 304 Å². The van der Waals surface area contributed by atoms with Gasteiger partial charge in [0.05, 0.1) is 0 Å². The van der Waals surface area contributed by atoms with Crippen LogP contribution < -0.4 is 65.9 Å². The van der Waals surface area contributed by atoms with Gasteiger partial charge in [0.15, 0.2) is 17.8 Å². The molecule has 0 spiro atoms. The van der Waals surface area contributed by atoms with E-state index < -0.39 is 50.7 Å². The van der Waals surface area contributed by atoms with Crippen LogP contribution in [-0.4, -0.2) is 107 Å². The van der Waals surface area contributed by atoms with E-state index in [4.69, 9.17) is 0 Å². The molecule has 0 amide bonds. The Balaban J connectivity index is -0.000000509. The number of rotatable bonds is 8. The molecule has 7 rings (SSSR count). The van der Waals surface area contributed by atoms with E-state index >= 15 is 0 Å². The maximum atomic E-state index is 3.05. The third-order valence-corrected chi connectivity index (χ3v) is 42.1. The zero-order valence-electron chi connectivity index (χ0n) is 55.1. The van der Waals surface area contributed by atoms with Gasteiger partial charge < -0.3 is 74.3 Å². The summed E-state index contributed by atoms with van der Waals surface area (Å²) in [5, 5.41) is 0. The summed E-state index contributed by atoms with van der Waals surface area (Å²) in [6.45, 7) is 65.2. The van der Waals surface area contributed by atoms with E-state index in [9.17, 15) is 0 Å². The first-order chi connectivity index (χ1) is 34.1. The molecular weight excluding hydrogens is 1390 g/mol. The van der Waals surface area contributed by atoms with Gasteiger partial charge in [-0.1, -0.05) is 144 Å². The number of nitrogens with zero attached hydrogens (tertiary/aromatic N) is 6. The summed E-state index contributed by atoms with van der Waals surface area (Å²) < 4.78 is 17.2. The summed E-state index contributed by atoms with van der Waals surface area (Å²) in [5.41, 5.74) is 7.10. The molecule has 0 bridgehead atoms. The van der Waals surface area contributed by atoms with Crippen LogP contribution in [0.15, 0.2) is 152 Å². The van der Waals surface area contributed by atoms with Crippen LogP contribution in [-0.2, 0) is 22.2 Å². The molecule has 6 nitrogen and oxygen atoms in total. The van der Waals surface area contributed by atoms with Crippen LogP contribution in [0.25, 0.3) is 22.8 Å². The molecule has 4 radical (unpaired) electrons. The van der Waals surface area contributed by atoms with E-state index in [-0.39, 0.29) is 120 Å². The summed E-state index contributed by atoms with van der Waals surface area (Å²) in [7, 11) is -7.94. The topological polar surface area (TPSA) is 24.1 Å². The molecule has 0 unspecified atom stereocenters. The van der Waals surface area contributed by atoms with E-state index in [0.29, 0.717) is 0 Å². The van der Waals surface area contributed by atoms with E-state index in [1.54, 1.807) is 0 Å². The van der Waals surface area contributed by atoms with Crippen LogP contribution >= 0.6 is 0 Å². The molecule has 7 aromatic rings. The van der Waals surface area contributed by atoms with Gasteiger partial charge in [-0.15, -0.1) is 0 Å². The maximum Gasteiger partial charge on any atom is 2.00 e. The SMILES string of the molecule is CC(C)(C)n1c(-c2ccccc2)[n+](C(C)(C)C)[si-]1N([Si](C)(C)C)[Si](C)(C)C.CC(C)(C)n1c(-c2ccccc2)[n+](C(C)(C)C)[si-]1N([Si](C)(C)C)[Si](C)(C)C.Cc1ccccc1.Cc1ccccc1.Cc1ccccc1.[Cl-].[Cl-].[Cl-].[Cl-].[Sn+2].[Sn+2]. The molecule has 0 saturated heterocycles. The first kappa shape index (κ1) is 86.1. The van der Waals surface area contributed by atoms with Gasteiger partial charge in [0.2, 0.25) is 0 Å². The molecule has 18 heteroatoms. The van der Waals surface area contributed by atoms with E-state index in [0.717, 1.165) is 0 Å². The molecule has 0 aliphatic rings. The monoisotopic (exact) mass is 1490 g/mol. The van der Waals surface area contributed by atoms with Crippen LogP contribution in [0, 0.1) is 20.8 Å². The van der Waals surface area contributed by atoms with Gasteiger partial charge in [-0.05, 0) is 207 Å². The Bertz CT molecular complexity index is 2460. The van der Waals surface area contributed by atoms with Crippen LogP contribution in [0.1, 0.15) is 99.8 Å². The molecule has 0 atom stereocenters. The molecule has 0 aliphatic carbocycles. The quantitative estimate of drug-likeness (QED) is 0.217. The van der Waals surface area contributed by atoms with Crippen molar-refractivity contribution in [3.63, 3.8) is 0 Å². The summed E-state index contributed by atoms with van der Waals surface area (Å²) in [6, 6.07) is 52.8. The second-order valence-electron chi connectivity index (χ2n) is 28.3. The summed E-state index contributed by atoms with van der Waals surface area (Å²) in [6.07, 6.45) is 0. The molecule has 81 heavy (non-hydrogen) atoms. The number of halogens is 4. The van der Waals surface area contributed by atoms with Gasteiger partial charge in [0, 0.05) is 33.3 Å². The Kier molecular flexibility index (Phi) is 37.1. The smallest absolute Gasteiger partial charge is 1.00 e. The molecule has 448 valence electrons. The third-order valence-electron chi connectivity index (χ3n) is 12.3. The molecule has 2 aromatic heterocycles. The minimum atomic E-state index is -1.48. The average Bonchev–Trinajstić information content (AvgIpc) is 3.22.